The van der Waals surface area contributed by atoms with Crippen molar-refractivity contribution in [3.05, 3.63) is 52.9 Å². The number of rotatable bonds is 3. The molecule has 0 radical (unpaired) electrons. The molecule has 0 atom stereocenters. The molecule has 0 aliphatic heterocycles. The van der Waals surface area contributed by atoms with Crippen LogP contribution in [0, 0.1) is 11.3 Å². The van der Waals surface area contributed by atoms with Crippen molar-refractivity contribution in [2.24, 2.45) is 0 Å². The van der Waals surface area contributed by atoms with Crippen LogP contribution < -0.4 is 0 Å². The third kappa shape index (κ3) is 2.37. The van der Waals surface area contributed by atoms with Crippen LogP contribution in [0.1, 0.15) is 11.1 Å². The van der Waals surface area contributed by atoms with Gasteiger partial charge in [0, 0.05) is 0 Å². The minimum Gasteiger partial charge on any atom is -0.220 e. The molecule has 2 aromatic heterocycles. The SMILES string of the molecule is N#Cc1ccc(Cn2nnnc2-c2cccs2)cc1. The Balaban J connectivity index is 1.88. The van der Waals surface area contributed by atoms with Gasteiger partial charge in [0.1, 0.15) is 0 Å². The van der Waals surface area contributed by atoms with Gasteiger partial charge in [-0.2, -0.15) is 5.26 Å². The van der Waals surface area contributed by atoms with Gasteiger partial charge in [0.25, 0.3) is 0 Å². The molecule has 6 heteroatoms. The number of nitrogens with zero attached hydrogens (tertiary/aromatic N) is 5. The zero-order valence-electron chi connectivity index (χ0n) is 9.89. The summed E-state index contributed by atoms with van der Waals surface area (Å²) >= 11 is 1.61. The monoisotopic (exact) mass is 267 g/mol. The van der Waals surface area contributed by atoms with Crippen molar-refractivity contribution in [1.29, 1.82) is 5.26 Å². The van der Waals surface area contributed by atoms with Crippen molar-refractivity contribution in [3.8, 4) is 16.8 Å². The maximum absolute atomic E-state index is 8.77. The molecule has 0 aliphatic carbocycles. The summed E-state index contributed by atoms with van der Waals surface area (Å²) in [5.74, 6) is 0.763. The highest BCUT2D eigenvalue weighted by Gasteiger charge is 2.09. The highest BCUT2D eigenvalue weighted by molar-refractivity contribution is 7.13. The summed E-state index contributed by atoms with van der Waals surface area (Å²) in [5, 5.41) is 22.5. The molecule has 0 fully saturated rings. The van der Waals surface area contributed by atoms with Gasteiger partial charge in [0.15, 0.2) is 5.82 Å². The first kappa shape index (κ1) is 11.6. The Hall–Kier alpha value is -2.52. The van der Waals surface area contributed by atoms with E-state index in [1.165, 1.54) is 0 Å². The standard InChI is InChI=1S/C13H9N5S/c14-8-10-3-5-11(6-4-10)9-18-13(15-16-17-18)12-2-1-7-19-12/h1-7H,9H2. The number of hydrogen-bond donors (Lipinski definition) is 0. The molecular formula is C13H9N5S. The van der Waals surface area contributed by atoms with Crippen LogP contribution >= 0.6 is 11.3 Å². The van der Waals surface area contributed by atoms with Crippen molar-refractivity contribution in [2.45, 2.75) is 6.54 Å². The summed E-state index contributed by atoms with van der Waals surface area (Å²) in [6, 6.07) is 13.5. The summed E-state index contributed by atoms with van der Waals surface area (Å²) in [5.41, 5.74) is 1.71. The van der Waals surface area contributed by atoms with Gasteiger partial charge in [-0.25, -0.2) is 4.68 Å². The highest BCUT2D eigenvalue weighted by Crippen LogP contribution is 2.22. The fraction of sp³-hybridized carbons (Fsp3) is 0.0769. The van der Waals surface area contributed by atoms with Crippen LogP contribution in [-0.2, 0) is 6.54 Å². The van der Waals surface area contributed by atoms with E-state index in [9.17, 15) is 0 Å². The van der Waals surface area contributed by atoms with Gasteiger partial charge in [-0.1, -0.05) is 18.2 Å². The smallest absolute Gasteiger partial charge is 0.192 e. The molecule has 1 aromatic carbocycles. The van der Waals surface area contributed by atoms with Gasteiger partial charge in [-0.05, 0) is 39.6 Å². The molecule has 0 saturated carbocycles. The van der Waals surface area contributed by atoms with E-state index in [2.05, 4.69) is 21.6 Å². The summed E-state index contributed by atoms with van der Waals surface area (Å²) in [6.07, 6.45) is 0. The first-order chi connectivity index (χ1) is 9.36. The Morgan fingerprint density at radius 3 is 2.74 bits per heavy atom. The third-order valence-corrected chi connectivity index (χ3v) is 3.55. The zero-order valence-corrected chi connectivity index (χ0v) is 10.7. The number of thiophene rings is 1. The molecule has 0 bridgehead atoms. The second kappa shape index (κ2) is 5.00. The number of tetrazole rings is 1. The molecule has 0 saturated heterocycles. The second-order valence-electron chi connectivity index (χ2n) is 3.95. The zero-order chi connectivity index (χ0) is 13.1. The normalized spacial score (nSPS) is 10.3. The average Bonchev–Trinajstić information content (AvgIpc) is 3.10. The number of nitriles is 1. The van der Waals surface area contributed by atoms with E-state index in [4.69, 9.17) is 5.26 Å². The van der Waals surface area contributed by atoms with E-state index in [1.54, 1.807) is 28.2 Å². The van der Waals surface area contributed by atoms with Crippen LogP contribution in [0.15, 0.2) is 41.8 Å². The second-order valence-corrected chi connectivity index (χ2v) is 4.89. The molecule has 19 heavy (non-hydrogen) atoms. The van der Waals surface area contributed by atoms with Crippen LogP contribution in [0.2, 0.25) is 0 Å². The first-order valence-electron chi connectivity index (χ1n) is 5.66. The molecule has 92 valence electrons. The van der Waals surface area contributed by atoms with Crippen LogP contribution in [0.4, 0.5) is 0 Å². The first-order valence-corrected chi connectivity index (χ1v) is 6.54. The van der Waals surface area contributed by atoms with Gasteiger partial charge in [-0.3, -0.25) is 0 Å². The third-order valence-electron chi connectivity index (χ3n) is 2.69. The van der Waals surface area contributed by atoms with Gasteiger partial charge >= 0.3 is 0 Å². The molecule has 0 aliphatic rings. The molecule has 2 heterocycles. The largest absolute Gasteiger partial charge is 0.220 e. The van der Waals surface area contributed by atoms with Crippen molar-refractivity contribution in [3.63, 3.8) is 0 Å². The quantitative estimate of drug-likeness (QED) is 0.730. The number of benzene rings is 1. The molecule has 0 amide bonds. The van der Waals surface area contributed by atoms with Gasteiger partial charge < -0.3 is 0 Å². The average molecular weight is 267 g/mol. The summed E-state index contributed by atoms with van der Waals surface area (Å²) in [7, 11) is 0. The summed E-state index contributed by atoms with van der Waals surface area (Å²) in [4.78, 5) is 1.04. The van der Waals surface area contributed by atoms with E-state index in [0.29, 0.717) is 12.1 Å². The number of hydrogen-bond acceptors (Lipinski definition) is 5. The summed E-state index contributed by atoms with van der Waals surface area (Å²) in [6.45, 7) is 0.589. The summed E-state index contributed by atoms with van der Waals surface area (Å²) < 4.78 is 1.76. The Bertz CT molecular complexity index is 706. The molecule has 0 unspecified atom stereocenters. The topological polar surface area (TPSA) is 67.4 Å². The lowest BCUT2D eigenvalue weighted by molar-refractivity contribution is 0.654. The molecule has 3 aromatic rings. The molecule has 0 spiro atoms. The lowest BCUT2D eigenvalue weighted by Gasteiger charge is -2.03. The van der Waals surface area contributed by atoms with E-state index in [1.807, 2.05) is 29.6 Å². The molecule has 3 rings (SSSR count). The predicted molar refractivity (Wildman–Crippen MR) is 71.4 cm³/mol. The van der Waals surface area contributed by atoms with E-state index in [0.717, 1.165) is 16.3 Å². The Kier molecular flexibility index (Phi) is 3.04. The van der Waals surface area contributed by atoms with E-state index >= 15 is 0 Å². The predicted octanol–water partition coefficient (Wildman–Crippen LogP) is 2.32. The van der Waals surface area contributed by atoms with Crippen LogP contribution in [-0.4, -0.2) is 20.2 Å². The lowest BCUT2D eigenvalue weighted by Crippen LogP contribution is -2.03. The van der Waals surface area contributed by atoms with Crippen LogP contribution in [0.5, 0.6) is 0 Å². The van der Waals surface area contributed by atoms with Crippen molar-refractivity contribution in [2.75, 3.05) is 0 Å². The van der Waals surface area contributed by atoms with Crippen molar-refractivity contribution >= 4 is 11.3 Å². The van der Waals surface area contributed by atoms with Crippen LogP contribution in [0.3, 0.4) is 0 Å². The van der Waals surface area contributed by atoms with E-state index in [-0.39, 0.29) is 0 Å². The van der Waals surface area contributed by atoms with Crippen molar-refractivity contribution < 1.29 is 0 Å². The molecular weight excluding hydrogens is 258 g/mol. The highest BCUT2D eigenvalue weighted by atomic mass is 32.1. The lowest BCUT2D eigenvalue weighted by atomic mass is 10.1. The maximum Gasteiger partial charge on any atom is 0.192 e. The van der Waals surface area contributed by atoms with Gasteiger partial charge in [-0.15, -0.1) is 16.4 Å². The van der Waals surface area contributed by atoms with Gasteiger partial charge in [0.05, 0.1) is 23.1 Å². The van der Waals surface area contributed by atoms with Crippen LogP contribution in [0.25, 0.3) is 10.7 Å². The minimum absolute atomic E-state index is 0.589. The van der Waals surface area contributed by atoms with Crippen molar-refractivity contribution in [1.82, 2.24) is 20.2 Å². The Morgan fingerprint density at radius 2 is 2.05 bits per heavy atom. The fourth-order valence-electron chi connectivity index (χ4n) is 1.75. The number of aromatic nitrogens is 4. The Morgan fingerprint density at radius 1 is 1.21 bits per heavy atom. The molecule has 0 N–H and O–H groups in total. The van der Waals surface area contributed by atoms with Gasteiger partial charge in [0.2, 0.25) is 0 Å². The Labute approximate surface area is 113 Å². The maximum atomic E-state index is 8.77. The van der Waals surface area contributed by atoms with E-state index < -0.39 is 0 Å². The fourth-order valence-corrected chi connectivity index (χ4v) is 2.46. The molecule has 5 nitrogen and oxygen atoms in total. The minimum atomic E-state index is 0.589.